The van der Waals surface area contributed by atoms with Gasteiger partial charge in [0.15, 0.2) is 5.78 Å². The van der Waals surface area contributed by atoms with Crippen LogP contribution in [0.1, 0.15) is 24.2 Å². The molecule has 0 amide bonds. The van der Waals surface area contributed by atoms with Crippen molar-refractivity contribution in [2.45, 2.75) is 13.8 Å². The highest BCUT2D eigenvalue weighted by Crippen LogP contribution is 2.14. The second kappa shape index (κ2) is 3.93. The lowest BCUT2D eigenvalue weighted by molar-refractivity contribution is 0.0936. The number of fused-ring (bicyclic) bond motifs is 1. The predicted octanol–water partition coefficient (Wildman–Crippen LogP) is 2.63. The van der Waals surface area contributed by atoms with Gasteiger partial charge in [-0.1, -0.05) is 32.0 Å². The smallest absolute Gasteiger partial charge is 0.347 e. The summed E-state index contributed by atoms with van der Waals surface area (Å²) in [7, 11) is 0. The molecule has 3 nitrogen and oxygen atoms in total. The van der Waals surface area contributed by atoms with Gasteiger partial charge in [-0.2, -0.15) is 0 Å². The standard InChI is InChI=1S/C13H12O3/c1-8(2)12(14)10-7-9-5-3-4-6-11(9)16-13(10)15/h3-8H,1-2H3. The number of carbonyl (C=O) groups is 1. The first kappa shape index (κ1) is 10.6. The molecular formula is C13H12O3. The van der Waals surface area contributed by atoms with Crippen molar-refractivity contribution >= 4 is 16.8 Å². The van der Waals surface area contributed by atoms with E-state index in [4.69, 9.17) is 4.42 Å². The Morgan fingerprint density at radius 1 is 1.25 bits per heavy atom. The highest BCUT2D eigenvalue weighted by atomic mass is 16.4. The van der Waals surface area contributed by atoms with Gasteiger partial charge in [0.2, 0.25) is 0 Å². The van der Waals surface area contributed by atoms with Gasteiger partial charge < -0.3 is 4.42 Å². The van der Waals surface area contributed by atoms with Crippen LogP contribution in [0.2, 0.25) is 0 Å². The molecule has 3 heteroatoms. The average molecular weight is 216 g/mol. The molecule has 0 fully saturated rings. The number of benzene rings is 1. The van der Waals surface area contributed by atoms with Gasteiger partial charge in [0.05, 0.1) is 0 Å². The Hall–Kier alpha value is -1.90. The normalized spacial score (nSPS) is 10.9. The molecule has 1 aromatic heterocycles. The fourth-order valence-electron chi connectivity index (χ4n) is 1.54. The maximum absolute atomic E-state index is 11.7. The molecule has 0 atom stereocenters. The largest absolute Gasteiger partial charge is 0.422 e. The van der Waals surface area contributed by atoms with E-state index in [1.165, 1.54) is 0 Å². The van der Waals surface area contributed by atoms with E-state index in [1.54, 1.807) is 32.0 Å². The maximum atomic E-state index is 11.7. The summed E-state index contributed by atoms with van der Waals surface area (Å²) in [5, 5.41) is 0.770. The van der Waals surface area contributed by atoms with E-state index in [9.17, 15) is 9.59 Å². The molecule has 0 radical (unpaired) electrons. The molecule has 0 saturated heterocycles. The molecule has 2 rings (SSSR count). The Labute approximate surface area is 92.7 Å². The third-order valence-corrected chi connectivity index (χ3v) is 2.43. The Balaban J connectivity index is 2.68. The zero-order valence-electron chi connectivity index (χ0n) is 9.19. The lowest BCUT2D eigenvalue weighted by Gasteiger charge is -2.03. The molecule has 0 aliphatic carbocycles. The molecule has 0 unspecified atom stereocenters. The minimum absolute atomic E-state index is 0.133. The van der Waals surface area contributed by atoms with Crippen molar-refractivity contribution in [3.63, 3.8) is 0 Å². The van der Waals surface area contributed by atoms with Crippen molar-refractivity contribution in [3.05, 3.63) is 46.3 Å². The SMILES string of the molecule is CC(C)C(=O)c1cc2ccccc2oc1=O. The zero-order chi connectivity index (χ0) is 11.7. The summed E-state index contributed by atoms with van der Waals surface area (Å²) in [4.78, 5) is 23.3. The monoisotopic (exact) mass is 216 g/mol. The summed E-state index contributed by atoms with van der Waals surface area (Å²) in [5.74, 6) is -0.386. The van der Waals surface area contributed by atoms with Crippen LogP contribution in [0.25, 0.3) is 11.0 Å². The molecule has 2 aromatic rings. The van der Waals surface area contributed by atoms with E-state index in [0.717, 1.165) is 5.39 Å². The van der Waals surface area contributed by atoms with Gasteiger partial charge >= 0.3 is 5.63 Å². The van der Waals surface area contributed by atoms with Gasteiger partial charge in [-0.3, -0.25) is 4.79 Å². The number of carbonyl (C=O) groups excluding carboxylic acids is 1. The Kier molecular flexibility index (Phi) is 2.60. The average Bonchev–Trinajstić information content (AvgIpc) is 2.27. The van der Waals surface area contributed by atoms with E-state index < -0.39 is 5.63 Å². The molecular weight excluding hydrogens is 204 g/mol. The quantitative estimate of drug-likeness (QED) is 0.572. The zero-order valence-corrected chi connectivity index (χ0v) is 9.19. The molecule has 0 spiro atoms. The van der Waals surface area contributed by atoms with Crippen LogP contribution >= 0.6 is 0 Å². The van der Waals surface area contributed by atoms with Crippen molar-refractivity contribution in [3.8, 4) is 0 Å². The fourth-order valence-corrected chi connectivity index (χ4v) is 1.54. The highest BCUT2D eigenvalue weighted by molar-refractivity contribution is 5.99. The van der Waals surface area contributed by atoms with Crippen LogP contribution in [-0.2, 0) is 0 Å². The molecule has 1 aromatic carbocycles. The predicted molar refractivity (Wildman–Crippen MR) is 61.7 cm³/mol. The summed E-state index contributed by atoms with van der Waals surface area (Å²) >= 11 is 0. The molecule has 0 saturated carbocycles. The number of rotatable bonds is 2. The Bertz CT molecular complexity index is 593. The number of hydrogen-bond donors (Lipinski definition) is 0. The van der Waals surface area contributed by atoms with Gasteiger partial charge in [0.1, 0.15) is 11.1 Å². The third kappa shape index (κ3) is 1.76. The summed E-state index contributed by atoms with van der Waals surface area (Å²) in [6, 6.07) is 8.75. The first-order chi connectivity index (χ1) is 7.59. The van der Waals surface area contributed by atoms with Crippen molar-refractivity contribution in [1.82, 2.24) is 0 Å². The second-order valence-electron chi connectivity index (χ2n) is 4.00. The van der Waals surface area contributed by atoms with Crippen LogP contribution in [0.4, 0.5) is 0 Å². The highest BCUT2D eigenvalue weighted by Gasteiger charge is 2.16. The number of ketones is 1. The van der Waals surface area contributed by atoms with Crippen molar-refractivity contribution in [1.29, 1.82) is 0 Å². The first-order valence-corrected chi connectivity index (χ1v) is 5.16. The molecule has 82 valence electrons. The van der Waals surface area contributed by atoms with Crippen LogP contribution in [0, 0.1) is 5.92 Å². The van der Waals surface area contributed by atoms with Crippen molar-refractivity contribution in [2.24, 2.45) is 5.92 Å². The van der Waals surface area contributed by atoms with E-state index in [2.05, 4.69) is 0 Å². The number of hydrogen-bond acceptors (Lipinski definition) is 3. The maximum Gasteiger partial charge on any atom is 0.347 e. The van der Waals surface area contributed by atoms with Gasteiger partial charge in [0.25, 0.3) is 0 Å². The summed E-state index contributed by atoms with van der Waals surface area (Å²) in [6.45, 7) is 3.52. The Morgan fingerprint density at radius 3 is 2.62 bits per heavy atom. The summed E-state index contributed by atoms with van der Waals surface area (Å²) < 4.78 is 5.09. The Morgan fingerprint density at radius 2 is 1.94 bits per heavy atom. The topological polar surface area (TPSA) is 47.3 Å². The minimum Gasteiger partial charge on any atom is -0.422 e. The number of Topliss-reactive ketones (excluding diaryl/α,β-unsaturated/α-hetero) is 1. The van der Waals surface area contributed by atoms with E-state index in [1.807, 2.05) is 12.1 Å². The molecule has 0 aliphatic rings. The fraction of sp³-hybridized carbons (Fsp3) is 0.231. The second-order valence-corrected chi connectivity index (χ2v) is 4.00. The number of para-hydroxylation sites is 1. The van der Waals surface area contributed by atoms with Crippen molar-refractivity contribution < 1.29 is 9.21 Å². The molecule has 16 heavy (non-hydrogen) atoms. The van der Waals surface area contributed by atoms with E-state index in [0.29, 0.717) is 5.58 Å². The van der Waals surface area contributed by atoms with E-state index >= 15 is 0 Å². The molecule has 0 N–H and O–H groups in total. The van der Waals surface area contributed by atoms with Crippen LogP contribution in [-0.4, -0.2) is 5.78 Å². The van der Waals surface area contributed by atoms with Crippen LogP contribution in [0.5, 0.6) is 0 Å². The van der Waals surface area contributed by atoms with Gasteiger partial charge in [-0.05, 0) is 12.1 Å². The van der Waals surface area contributed by atoms with Gasteiger partial charge in [-0.25, -0.2) is 4.79 Å². The lowest BCUT2D eigenvalue weighted by Crippen LogP contribution is -2.17. The molecule has 0 bridgehead atoms. The van der Waals surface area contributed by atoms with Crippen LogP contribution in [0.15, 0.2) is 39.5 Å². The van der Waals surface area contributed by atoms with E-state index in [-0.39, 0.29) is 17.3 Å². The first-order valence-electron chi connectivity index (χ1n) is 5.16. The summed E-state index contributed by atoms with van der Waals surface area (Å²) in [6.07, 6.45) is 0. The summed E-state index contributed by atoms with van der Waals surface area (Å²) in [5.41, 5.74) is 0.0823. The molecule has 0 aliphatic heterocycles. The minimum atomic E-state index is -0.558. The van der Waals surface area contributed by atoms with Crippen LogP contribution in [0.3, 0.4) is 0 Å². The van der Waals surface area contributed by atoms with Gasteiger partial charge in [0, 0.05) is 11.3 Å². The van der Waals surface area contributed by atoms with Crippen LogP contribution < -0.4 is 5.63 Å². The third-order valence-electron chi connectivity index (χ3n) is 2.43. The molecule has 1 heterocycles. The van der Waals surface area contributed by atoms with Gasteiger partial charge in [-0.15, -0.1) is 0 Å². The lowest BCUT2D eigenvalue weighted by atomic mass is 10.0. The van der Waals surface area contributed by atoms with Crippen molar-refractivity contribution in [2.75, 3.05) is 0 Å².